The van der Waals surface area contributed by atoms with Crippen LogP contribution in [0.4, 0.5) is 11.4 Å². The molecule has 0 saturated carbocycles. The van der Waals surface area contributed by atoms with Gasteiger partial charge in [-0.25, -0.2) is 4.98 Å². The van der Waals surface area contributed by atoms with Crippen molar-refractivity contribution in [1.29, 1.82) is 0 Å². The van der Waals surface area contributed by atoms with Gasteiger partial charge in [0.25, 0.3) is 5.69 Å². The molecule has 7 heteroatoms. The minimum atomic E-state index is -0.916. The number of aromatic nitrogens is 1. The van der Waals surface area contributed by atoms with E-state index in [0.717, 1.165) is 5.69 Å². The van der Waals surface area contributed by atoms with Crippen molar-refractivity contribution >= 4 is 33.1 Å². The fourth-order valence-electron chi connectivity index (χ4n) is 1.83. The molecule has 20 heavy (non-hydrogen) atoms. The zero-order valence-electron chi connectivity index (χ0n) is 11.2. The van der Waals surface area contributed by atoms with Crippen molar-refractivity contribution in [3.8, 4) is 0 Å². The molecule has 0 radical (unpaired) electrons. The van der Waals surface area contributed by atoms with E-state index in [2.05, 4.69) is 10.3 Å². The van der Waals surface area contributed by atoms with Gasteiger partial charge in [-0.2, -0.15) is 0 Å². The monoisotopic (exact) mass is 293 g/mol. The summed E-state index contributed by atoms with van der Waals surface area (Å²) in [6.07, 6.45) is 3.19. The molecule has 0 fully saturated rings. The zero-order chi connectivity index (χ0) is 14.7. The topological polar surface area (TPSA) is 85.1 Å². The Balaban J connectivity index is 2.38. The molecule has 0 aliphatic carbocycles. The third-order valence-corrected chi connectivity index (χ3v) is 4.39. The standard InChI is InChI=1S/C13H15N3O3S/c1-9(20(2)19)8-15-11-5-6-12(16(17)18)13-10(11)4-3-7-14-13/h3-7,9,15H,8H2,1-2H3. The van der Waals surface area contributed by atoms with Gasteiger partial charge in [0.1, 0.15) is 5.52 Å². The van der Waals surface area contributed by atoms with E-state index in [1.54, 1.807) is 24.5 Å². The fourth-order valence-corrected chi connectivity index (χ4v) is 2.15. The van der Waals surface area contributed by atoms with Gasteiger partial charge in [0.2, 0.25) is 0 Å². The van der Waals surface area contributed by atoms with Crippen LogP contribution in [0, 0.1) is 10.1 Å². The first kappa shape index (κ1) is 14.4. The zero-order valence-corrected chi connectivity index (χ0v) is 12.0. The maximum absolute atomic E-state index is 11.3. The van der Waals surface area contributed by atoms with Crippen LogP contribution in [0.25, 0.3) is 10.9 Å². The molecule has 0 aliphatic rings. The van der Waals surface area contributed by atoms with Gasteiger partial charge in [0, 0.05) is 52.2 Å². The number of hydrogen-bond donors (Lipinski definition) is 1. The highest BCUT2D eigenvalue weighted by atomic mass is 32.2. The Morgan fingerprint density at radius 2 is 2.20 bits per heavy atom. The van der Waals surface area contributed by atoms with Crippen molar-refractivity contribution < 1.29 is 9.13 Å². The van der Waals surface area contributed by atoms with E-state index in [9.17, 15) is 14.3 Å². The maximum Gasteiger partial charge on any atom is 0.295 e. The van der Waals surface area contributed by atoms with Gasteiger partial charge in [-0.15, -0.1) is 0 Å². The van der Waals surface area contributed by atoms with E-state index >= 15 is 0 Å². The largest absolute Gasteiger partial charge is 0.383 e. The smallest absolute Gasteiger partial charge is 0.295 e. The molecular weight excluding hydrogens is 278 g/mol. The number of non-ortho nitro benzene ring substituents is 1. The Kier molecular flexibility index (Phi) is 4.29. The third kappa shape index (κ3) is 2.93. The number of nitrogens with one attached hydrogen (secondary N) is 1. The van der Waals surface area contributed by atoms with E-state index in [0.29, 0.717) is 17.4 Å². The lowest BCUT2D eigenvalue weighted by Gasteiger charge is -2.13. The number of nitro benzene ring substituents is 1. The Bertz CT molecular complexity index is 675. The second-order valence-corrected chi connectivity index (χ2v) is 6.28. The average molecular weight is 293 g/mol. The number of nitrogens with zero attached hydrogens (tertiary/aromatic N) is 2. The van der Waals surface area contributed by atoms with E-state index < -0.39 is 15.7 Å². The number of fused-ring (bicyclic) bond motifs is 1. The first-order valence-electron chi connectivity index (χ1n) is 6.09. The molecule has 1 aromatic carbocycles. The van der Waals surface area contributed by atoms with Crippen LogP contribution >= 0.6 is 0 Å². The summed E-state index contributed by atoms with van der Waals surface area (Å²) in [6.45, 7) is 2.42. The number of nitro groups is 1. The molecule has 2 aromatic rings. The number of anilines is 1. The highest BCUT2D eigenvalue weighted by Gasteiger charge is 2.15. The van der Waals surface area contributed by atoms with Crippen LogP contribution in [0.1, 0.15) is 6.92 Å². The van der Waals surface area contributed by atoms with Gasteiger partial charge in [0.15, 0.2) is 0 Å². The molecule has 0 aliphatic heterocycles. The molecule has 0 saturated heterocycles. The second kappa shape index (κ2) is 5.96. The van der Waals surface area contributed by atoms with Gasteiger partial charge in [0.05, 0.1) is 4.92 Å². The quantitative estimate of drug-likeness (QED) is 0.675. The Morgan fingerprint density at radius 3 is 2.85 bits per heavy atom. The van der Waals surface area contributed by atoms with Crippen LogP contribution in [-0.2, 0) is 10.8 Å². The molecule has 2 atom stereocenters. The summed E-state index contributed by atoms with van der Waals surface area (Å²) in [5.41, 5.74) is 1.10. The molecule has 2 unspecified atom stereocenters. The highest BCUT2D eigenvalue weighted by molar-refractivity contribution is 7.84. The summed E-state index contributed by atoms with van der Waals surface area (Å²) in [7, 11) is -0.916. The van der Waals surface area contributed by atoms with Crippen LogP contribution in [-0.4, -0.2) is 32.2 Å². The predicted molar refractivity (Wildman–Crippen MR) is 80.4 cm³/mol. The lowest BCUT2D eigenvalue weighted by Crippen LogP contribution is -2.20. The summed E-state index contributed by atoms with van der Waals surface area (Å²) in [5.74, 6) is 0. The van der Waals surface area contributed by atoms with Crippen molar-refractivity contribution in [3.05, 3.63) is 40.6 Å². The number of rotatable bonds is 5. The molecule has 1 N–H and O–H groups in total. The van der Waals surface area contributed by atoms with Crippen molar-refractivity contribution in [2.75, 3.05) is 18.1 Å². The first-order chi connectivity index (χ1) is 9.50. The molecule has 0 bridgehead atoms. The molecule has 0 spiro atoms. The van der Waals surface area contributed by atoms with Crippen molar-refractivity contribution in [2.24, 2.45) is 0 Å². The van der Waals surface area contributed by atoms with E-state index in [1.807, 2.05) is 6.92 Å². The molecule has 0 amide bonds. The minimum absolute atomic E-state index is 0.00286. The van der Waals surface area contributed by atoms with E-state index in [1.165, 1.54) is 12.3 Å². The molecule has 2 rings (SSSR count). The SMILES string of the molecule is CC(CNc1ccc([N+](=O)[O-])c2ncccc12)S(C)=O. The van der Waals surface area contributed by atoms with Crippen molar-refractivity contribution in [3.63, 3.8) is 0 Å². The molecule has 106 valence electrons. The number of pyridine rings is 1. The molecule has 1 heterocycles. The van der Waals surface area contributed by atoms with E-state index in [-0.39, 0.29) is 10.9 Å². The van der Waals surface area contributed by atoms with Crippen LogP contribution in [0.15, 0.2) is 30.5 Å². The summed E-state index contributed by atoms with van der Waals surface area (Å²) in [4.78, 5) is 14.6. The minimum Gasteiger partial charge on any atom is -0.383 e. The molecule has 6 nitrogen and oxygen atoms in total. The Hall–Kier alpha value is -2.02. The average Bonchev–Trinajstić information content (AvgIpc) is 2.43. The van der Waals surface area contributed by atoms with Gasteiger partial charge in [-0.1, -0.05) is 0 Å². The number of benzene rings is 1. The maximum atomic E-state index is 11.3. The van der Waals surface area contributed by atoms with Crippen LogP contribution in [0.5, 0.6) is 0 Å². The first-order valence-corrected chi connectivity index (χ1v) is 7.71. The Labute approximate surface area is 118 Å². The van der Waals surface area contributed by atoms with Gasteiger partial charge in [-0.05, 0) is 25.1 Å². The lowest BCUT2D eigenvalue weighted by molar-refractivity contribution is -0.383. The van der Waals surface area contributed by atoms with Crippen molar-refractivity contribution in [2.45, 2.75) is 12.2 Å². The van der Waals surface area contributed by atoms with Crippen LogP contribution in [0.3, 0.4) is 0 Å². The van der Waals surface area contributed by atoms with Gasteiger partial charge in [-0.3, -0.25) is 14.3 Å². The summed E-state index contributed by atoms with van der Waals surface area (Å²) in [6, 6.07) is 6.61. The Morgan fingerprint density at radius 1 is 1.45 bits per heavy atom. The van der Waals surface area contributed by atoms with Crippen LogP contribution < -0.4 is 5.32 Å². The molecular formula is C13H15N3O3S. The second-order valence-electron chi connectivity index (χ2n) is 4.48. The van der Waals surface area contributed by atoms with Crippen molar-refractivity contribution in [1.82, 2.24) is 4.98 Å². The lowest BCUT2D eigenvalue weighted by atomic mass is 10.1. The highest BCUT2D eigenvalue weighted by Crippen LogP contribution is 2.29. The molecule has 1 aromatic heterocycles. The summed E-state index contributed by atoms with van der Waals surface area (Å²) >= 11 is 0. The third-order valence-electron chi connectivity index (χ3n) is 3.09. The normalized spacial score (nSPS) is 13.9. The van der Waals surface area contributed by atoms with Gasteiger partial charge >= 0.3 is 0 Å². The fraction of sp³-hybridized carbons (Fsp3) is 0.308. The summed E-state index contributed by atoms with van der Waals surface area (Å²) < 4.78 is 11.3. The predicted octanol–water partition coefficient (Wildman–Crippen LogP) is 2.32. The van der Waals surface area contributed by atoms with E-state index in [4.69, 9.17) is 0 Å². The summed E-state index contributed by atoms with van der Waals surface area (Å²) in [5, 5.41) is 14.9. The van der Waals surface area contributed by atoms with Gasteiger partial charge < -0.3 is 5.32 Å². The number of hydrogen-bond acceptors (Lipinski definition) is 5. The van der Waals surface area contributed by atoms with Crippen LogP contribution in [0.2, 0.25) is 0 Å².